The number of halogens is 6. The summed E-state index contributed by atoms with van der Waals surface area (Å²) in [6.07, 6.45) is -16.4. The second-order valence-corrected chi connectivity index (χ2v) is 6.96. The smallest absolute Gasteiger partial charge is 0.434 e. The number of alkyl halides is 6. The van der Waals surface area contributed by atoms with Gasteiger partial charge in [-0.05, 0) is 17.7 Å². The number of carbonyl (C=O) groups excluding carboxylic acids is 1. The van der Waals surface area contributed by atoms with Gasteiger partial charge < -0.3 is 10.5 Å². The molecule has 0 bridgehead atoms. The highest BCUT2D eigenvalue weighted by atomic mass is 32.2. The number of nitrogens with two attached hydrogens (primary N) is 1. The summed E-state index contributed by atoms with van der Waals surface area (Å²) < 4.78 is 79.5. The van der Waals surface area contributed by atoms with Crippen molar-refractivity contribution in [3.63, 3.8) is 0 Å². The van der Waals surface area contributed by atoms with Crippen LogP contribution in [0.2, 0.25) is 0 Å². The van der Waals surface area contributed by atoms with Crippen LogP contribution in [-0.2, 0) is 9.53 Å². The summed E-state index contributed by atoms with van der Waals surface area (Å²) >= 11 is 1.05. The topological polar surface area (TPSA) is 52.3 Å². The van der Waals surface area contributed by atoms with Crippen molar-refractivity contribution in [3.05, 3.63) is 60.2 Å². The minimum Gasteiger partial charge on any atom is -0.443 e. The van der Waals surface area contributed by atoms with Gasteiger partial charge in [0.1, 0.15) is 0 Å². The van der Waals surface area contributed by atoms with Crippen molar-refractivity contribution in [3.8, 4) is 0 Å². The minimum atomic E-state index is -5.76. The number of anilines is 1. The van der Waals surface area contributed by atoms with E-state index < -0.39 is 36.1 Å². The van der Waals surface area contributed by atoms with Crippen LogP contribution in [0.5, 0.6) is 0 Å². The molecule has 0 saturated heterocycles. The van der Waals surface area contributed by atoms with E-state index in [1.54, 1.807) is 54.6 Å². The first-order valence-electron chi connectivity index (χ1n) is 7.87. The molecule has 1 atom stereocenters. The summed E-state index contributed by atoms with van der Waals surface area (Å²) in [5.74, 6) is -1.62. The maximum Gasteiger partial charge on any atom is 0.434 e. The van der Waals surface area contributed by atoms with Gasteiger partial charge in [0.25, 0.3) is 6.10 Å². The molecule has 0 aliphatic rings. The maximum absolute atomic E-state index is 12.6. The van der Waals surface area contributed by atoms with E-state index in [9.17, 15) is 31.1 Å². The molecule has 28 heavy (non-hydrogen) atoms. The van der Waals surface area contributed by atoms with Crippen LogP contribution < -0.4 is 5.73 Å². The van der Waals surface area contributed by atoms with E-state index in [2.05, 4.69) is 4.74 Å². The Kier molecular flexibility index (Phi) is 6.87. The highest BCUT2D eigenvalue weighted by Crippen LogP contribution is 2.41. The molecule has 2 rings (SSSR count). The number of hydrogen-bond donors (Lipinski definition) is 1. The van der Waals surface area contributed by atoms with Crippen molar-refractivity contribution in [1.82, 2.24) is 0 Å². The van der Waals surface area contributed by atoms with Gasteiger partial charge in [-0.3, -0.25) is 4.79 Å². The van der Waals surface area contributed by atoms with Gasteiger partial charge in [0.2, 0.25) is 0 Å². The third-order valence-electron chi connectivity index (χ3n) is 3.56. The summed E-state index contributed by atoms with van der Waals surface area (Å²) in [5.41, 5.74) is 6.73. The highest BCUT2D eigenvalue weighted by Gasteiger charge is 2.59. The van der Waals surface area contributed by atoms with Crippen LogP contribution in [-0.4, -0.2) is 24.4 Å². The number of carbonyl (C=O) groups is 1. The number of thioether (sulfide) groups is 1. The van der Waals surface area contributed by atoms with E-state index >= 15 is 0 Å². The number of rotatable bonds is 6. The van der Waals surface area contributed by atoms with E-state index in [1.165, 1.54) is 0 Å². The summed E-state index contributed by atoms with van der Waals surface area (Å²) in [5, 5.41) is -0.791. The van der Waals surface area contributed by atoms with Crippen molar-refractivity contribution < 1.29 is 35.9 Å². The first-order chi connectivity index (χ1) is 13.0. The van der Waals surface area contributed by atoms with Gasteiger partial charge in [-0.2, -0.15) is 26.3 Å². The van der Waals surface area contributed by atoms with Gasteiger partial charge in [0.05, 0.1) is 6.42 Å². The number of nitrogen functional groups attached to an aromatic ring is 1. The van der Waals surface area contributed by atoms with Gasteiger partial charge in [-0.15, -0.1) is 11.8 Å². The summed E-state index contributed by atoms with van der Waals surface area (Å²) in [7, 11) is 0. The monoisotopic (exact) mass is 423 g/mol. The molecular weight excluding hydrogens is 408 g/mol. The number of benzene rings is 2. The van der Waals surface area contributed by atoms with Crippen molar-refractivity contribution in [2.45, 2.75) is 35.0 Å². The highest BCUT2D eigenvalue weighted by molar-refractivity contribution is 7.99. The molecule has 0 amide bonds. The molecule has 3 nitrogen and oxygen atoms in total. The zero-order valence-corrected chi connectivity index (χ0v) is 14.9. The SMILES string of the molecule is Nc1ccccc1S[C@H](CC(=O)OC(C(F)(F)F)C(F)(F)F)c1ccccc1. The molecule has 152 valence electrons. The van der Waals surface area contributed by atoms with Gasteiger partial charge in [-0.1, -0.05) is 42.5 Å². The molecule has 2 aromatic rings. The largest absolute Gasteiger partial charge is 0.443 e. The van der Waals surface area contributed by atoms with Crippen LogP contribution in [0.15, 0.2) is 59.5 Å². The fraction of sp³-hybridized carbons (Fsp3) is 0.278. The summed E-state index contributed by atoms with van der Waals surface area (Å²) in [6.45, 7) is 0. The normalized spacial score (nSPS) is 13.4. The first kappa shape index (κ1) is 21.9. The molecule has 0 unspecified atom stereocenters. The van der Waals surface area contributed by atoms with Crippen LogP contribution >= 0.6 is 11.8 Å². The lowest BCUT2D eigenvalue weighted by atomic mass is 10.1. The maximum atomic E-state index is 12.6. The van der Waals surface area contributed by atoms with E-state index in [1.807, 2.05) is 0 Å². The van der Waals surface area contributed by atoms with Crippen molar-refractivity contribution >= 4 is 23.4 Å². The van der Waals surface area contributed by atoms with Crippen molar-refractivity contribution in [2.24, 2.45) is 0 Å². The molecule has 0 aliphatic heterocycles. The molecular formula is C18H15F6NO2S. The molecule has 0 spiro atoms. The average Bonchev–Trinajstić information content (AvgIpc) is 2.60. The Morgan fingerprint density at radius 1 is 0.929 bits per heavy atom. The quantitative estimate of drug-likeness (QED) is 0.287. The fourth-order valence-electron chi connectivity index (χ4n) is 2.29. The van der Waals surface area contributed by atoms with Gasteiger partial charge in [0.15, 0.2) is 0 Å². The van der Waals surface area contributed by atoms with E-state index in [4.69, 9.17) is 5.73 Å². The number of ether oxygens (including phenoxy) is 1. The lowest BCUT2D eigenvalue weighted by Gasteiger charge is -2.24. The van der Waals surface area contributed by atoms with Gasteiger partial charge >= 0.3 is 18.3 Å². The second kappa shape index (κ2) is 8.76. The van der Waals surface area contributed by atoms with E-state index in [0.29, 0.717) is 16.1 Å². The lowest BCUT2D eigenvalue weighted by molar-refractivity contribution is -0.313. The number of hydrogen-bond acceptors (Lipinski definition) is 4. The molecule has 0 heterocycles. The molecule has 2 N–H and O–H groups in total. The first-order valence-corrected chi connectivity index (χ1v) is 8.75. The van der Waals surface area contributed by atoms with E-state index in [0.717, 1.165) is 11.8 Å². The third kappa shape index (κ3) is 6.08. The van der Waals surface area contributed by atoms with Gasteiger partial charge in [0, 0.05) is 15.8 Å². The Bertz CT molecular complexity index is 781. The fourth-order valence-corrected chi connectivity index (χ4v) is 3.47. The van der Waals surface area contributed by atoms with E-state index in [-0.39, 0.29) is 0 Å². The Balaban J connectivity index is 2.22. The Labute approximate surface area is 160 Å². The average molecular weight is 423 g/mol. The second-order valence-electron chi connectivity index (χ2n) is 5.71. The van der Waals surface area contributed by atoms with Crippen molar-refractivity contribution in [1.29, 1.82) is 0 Å². The van der Waals surface area contributed by atoms with Crippen LogP contribution in [0.3, 0.4) is 0 Å². The van der Waals surface area contributed by atoms with Crippen LogP contribution in [0.4, 0.5) is 32.0 Å². The molecule has 0 saturated carbocycles. The summed E-state index contributed by atoms with van der Waals surface area (Å²) in [4.78, 5) is 12.5. The molecule has 0 aliphatic carbocycles. The Hall–Kier alpha value is -2.36. The predicted octanol–water partition coefficient (Wildman–Crippen LogP) is 5.53. The standard InChI is InChI=1S/C18H15F6NO2S/c19-17(20,21)16(18(22,23)24)27-15(26)10-14(11-6-2-1-3-7-11)28-13-9-5-4-8-12(13)25/h1-9,14,16H,10,25H2/t14-/m1/s1. The molecule has 10 heteroatoms. The van der Waals surface area contributed by atoms with Crippen LogP contribution in [0.25, 0.3) is 0 Å². The molecule has 2 aromatic carbocycles. The van der Waals surface area contributed by atoms with Crippen LogP contribution in [0, 0.1) is 0 Å². The number of para-hydroxylation sites is 1. The Morgan fingerprint density at radius 3 is 2.00 bits per heavy atom. The Morgan fingerprint density at radius 2 is 1.46 bits per heavy atom. The minimum absolute atomic E-state index is 0.366. The predicted molar refractivity (Wildman–Crippen MR) is 92.5 cm³/mol. The summed E-state index contributed by atoms with van der Waals surface area (Å²) in [6, 6.07) is 14.7. The zero-order chi connectivity index (χ0) is 20.9. The molecule has 0 aromatic heterocycles. The zero-order valence-electron chi connectivity index (χ0n) is 14.1. The van der Waals surface area contributed by atoms with Crippen molar-refractivity contribution in [2.75, 3.05) is 5.73 Å². The molecule has 0 radical (unpaired) electrons. The third-order valence-corrected chi connectivity index (χ3v) is 4.90. The molecule has 0 fully saturated rings. The van der Waals surface area contributed by atoms with Gasteiger partial charge in [-0.25, -0.2) is 0 Å². The van der Waals surface area contributed by atoms with Crippen LogP contribution in [0.1, 0.15) is 17.2 Å². The number of esters is 1. The lowest BCUT2D eigenvalue weighted by Crippen LogP contribution is -2.45.